The van der Waals surface area contributed by atoms with E-state index in [4.69, 9.17) is 4.74 Å². The number of carbonyl (C=O) groups excluding carboxylic acids is 1. The summed E-state index contributed by atoms with van der Waals surface area (Å²) >= 11 is 3.42. The van der Waals surface area contributed by atoms with Gasteiger partial charge in [0.2, 0.25) is 0 Å². The molecule has 0 unspecified atom stereocenters. The third-order valence-corrected chi connectivity index (χ3v) is 7.01. The van der Waals surface area contributed by atoms with Crippen molar-refractivity contribution in [3.8, 4) is 5.75 Å². The molecule has 3 aromatic rings. The third-order valence-electron chi connectivity index (χ3n) is 5.14. The van der Waals surface area contributed by atoms with Crippen LogP contribution in [-0.4, -0.2) is 49.1 Å². The number of thiazole rings is 1. The molecule has 4 rings (SSSR count). The standard InChI is InChI=1S/C23H25N3O2S2/c1-17-24-19(15-29-17)16-30-22-8-6-18(7-9-22)23(27)26-12-10-25(11-13-26)20-4-3-5-21(14-20)28-2/h3-9,14-15H,10-13,16H2,1-2H3. The first-order valence-corrected chi connectivity index (χ1v) is 11.8. The van der Waals surface area contributed by atoms with Gasteiger partial charge in [-0.1, -0.05) is 6.07 Å². The van der Waals surface area contributed by atoms with Gasteiger partial charge in [0.25, 0.3) is 5.91 Å². The number of hydrogen-bond acceptors (Lipinski definition) is 6. The summed E-state index contributed by atoms with van der Waals surface area (Å²) in [5, 5.41) is 3.20. The topological polar surface area (TPSA) is 45.7 Å². The van der Waals surface area contributed by atoms with Crippen molar-refractivity contribution < 1.29 is 9.53 Å². The second-order valence-corrected chi connectivity index (χ2v) is 9.26. The van der Waals surface area contributed by atoms with Crippen LogP contribution in [0.25, 0.3) is 0 Å². The Morgan fingerprint density at radius 1 is 1.13 bits per heavy atom. The van der Waals surface area contributed by atoms with E-state index in [-0.39, 0.29) is 5.91 Å². The molecule has 0 spiro atoms. The van der Waals surface area contributed by atoms with Crippen molar-refractivity contribution >= 4 is 34.7 Å². The van der Waals surface area contributed by atoms with Gasteiger partial charge < -0.3 is 14.5 Å². The lowest BCUT2D eigenvalue weighted by molar-refractivity contribution is 0.0746. The van der Waals surface area contributed by atoms with Gasteiger partial charge in [-0.3, -0.25) is 4.79 Å². The monoisotopic (exact) mass is 439 g/mol. The van der Waals surface area contributed by atoms with E-state index in [2.05, 4.69) is 21.3 Å². The highest BCUT2D eigenvalue weighted by atomic mass is 32.2. The van der Waals surface area contributed by atoms with Crippen molar-refractivity contribution in [3.63, 3.8) is 0 Å². The number of carbonyl (C=O) groups is 1. The molecule has 1 aromatic heterocycles. The van der Waals surface area contributed by atoms with Gasteiger partial charge in [-0.15, -0.1) is 23.1 Å². The molecule has 156 valence electrons. The minimum Gasteiger partial charge on any atom is -0.497 e. The van der Waals surface area contributed by atoms with Gasteiger partial charge in [-0.25, -0.2) is 4.98 Å². The molecule has 0 saturated carbocycles. The first-order chi connectivity index (χ1) is 14.6. The van der Waals surface area contributed by atoms with Crippen LogP contribution in [0, 0.1) is 6.92 Å². The zero-order valence-electron chi connectivity index (χ0n) is 17.2. The average Bonchev–Trinajstić information content (AvgIpc) is 3.23. The number of hydrogen-bond donors (Lipinski definition) is 0. The molecule has 1 amide bonds. The predicted octanol–water partition coefficient (Wildman–Crippen LogP) is 4.71. The SMILES string of the molecule is COc1cccc(N2CCN(C(=O)c3ccc(SCc4csc(C)n4)cc3)CC2)c1. The van der Waals surface area contributed by atoms with Crippen molar-refractivity contribution in [2.24, 2.45) is 0 Å². The number of nitrogens with zero attached hydrogens (tertiary/aromatic N) is 3. The van der Waals surface area contributed by atoms with Crippen molar-refractivity contribution in [2.45, 2.75) is 17.6 Å². The molecule has 0 atom stereocenters. The number of rotatable bonds is 6. The van der Waals surface area contributed by atoms with E-state index in [0.29, 0.717) is 0 Å². The third kappa shape index (κ3) is 4.96. The van der Waals surface area contributed by atoms with Crippen LogP contribution in [0.2, 0.25) is 0 Å². The molecule has 7 heteroatoms. The number of piperazine rings is 1. The van der Waals surface area contributed by atoms with E-state index in [1.807, 2.05) is 54.3 Å². The zero-order chi connectivity index (χ0) is 20.9. The summed E-state index contributed by atoms with van der Waals surface area (Å²) in [6.07, 6.45) is 0. The van der Waals surface area contributed by atoms with E-state index in [1.165, 1.54) is 0 Å². The van der Waals surface area contributed by atoms with Crippen LogP contribution in [-0.2, 0) is 5.75 Å². The predicted molar refractivity (Wildman–Crippen MR) is 124 cm³/mol. The molecule has 0 radical (unpaired) electrons. The van der Waals surface area contributed by atoms with Crippen molar-refractivity contribution in [3.05, 3.63) is 70.2 Å². The second-order valence-electron chi connectivity index (χ2n) is 7.15. The summed E-state index contributed by atoms with van der Waals surface area (Å²) < 4.78 is 5.32. The largest absolute Gasteiger partial charge is 0.497 e. The molecule has 2 aromatic carbocycles. The lowest BCUT2D eigenvalue weighted by atomic mass is 10.1. The molecule has 30 heavy (non-hydrogen) atoms. The maximum absolute atomic E-state index is 12.9. The second kappa shape index (κ2) is 9.53. The number of amides is 1. The van der Waals surface area contributed by atoms with E-state index in [9.17, 15) is 4.79 Å². The number of thioether (sulfide) groups is 1. The van der Waals surface area contributed by atoms with Crippen molar-refractivity contribution in [1.82, 2.24) is 9.88 Å². The number of benzene rings is 2. The van der Waals surface area contributed by atoms with E-state index < -0.39 is 0 Å². The summed E-state index contributed by atoms with van der Waals surface area (Å²) in [4.78, 5) is 22.8. The highest BCUT2D eigenvalue weighted by Gasteiger charge is 2.22. The molecule has 5 nitrogen and oxygen atoms in total. The van der Waals surface area contributed by atoms with Gasteiger partial charge in [0.15, 0.2) is 0 Å². The van der Waals surface area contributed by atoms with Crippen LogP contribution in [0.1, 0.15) is 21.1 Å². The van der Waals surface area contributed by atoms with Gasteiger partial charge >= 0.3 is 0 Å². The molecule has 1 aliphatic rings. The minimum atomic E-state index is 0.104. The molecule has 1 fully saturated rings. The molecule has 2 heterocycles. The molecule has 1 saturated heterocycles. The molecule has 0 aliphatic carbocycles. The molecule has 0 N–H and O–H groups in total. The number of methoxy groups -OCH3 is 1. The Hall–Kier alpha value is -2.51. The van der Waals surface area contributed by atoms with Crippen LogP contribution in [0.3, 0.4) is 0 Å². The molecular formula is C23H25N3O2S2. The fraction of sp³-hybridized carbons (Fsp3) is 0.304. The molecular weight excluding hydrogens is 414 g/mol. The smallest absolute Gasteiger partial charge is 0.253 e. The molecule has 1 aliphatic heterocycles. The van der Waals surface area contributed by atoms with Gasteiger partial charge in [0, 0.05) is 59.5 Å². The van der Waals surface area contributed by atoms with Crippen LogP contribution in [0.4, 0.5) is 5.69 Å². The first kappa shape index (κ1) is 20.8. The maximum Gasteiger partial charge on any atom is 0.253 e. The summed E-state index contributed by atoms with van der Waals surface area (Å²) in [6.45, 7) is 5.10. The Morgan fingerprint density at radius 3 is 2.57 bits per heavy atom. The van der Waals surface area contributed by atoms with Crippen LogP contribution in [0.15, 0.2) is 58.8 Å². The summed E-state index contributed by atoms with van der Waals surface area (Å²) in [5.41, 5.74) is 2.99. The zero-order valence-corrected chi connectivity index (χ0v) is 18.8. The quantitative estimate of drug-likeness (QED) is 0.520. The maximum atomic E-state index is 12.9. The lowest BCUT2D eigenvalue weighted by Gasteiger charge is -2.36. The first-order valence-electron chi connectivity index (χ1n) is 9.94. The average molecular weight is 440 g/mol. The summed E-state index contributed by atoms with van der Waals surface area (Å²) in [7, 11) is 1.68. The Bertz CT molecular complexity index is 996. The molecule has 0 bridgehead atoms. The van der Waals surface area contributed by atoms with E-state index >= 15 is 0 Å². The van der Waals surface area contributed by atoms with E-state index in [0.717, 1.165) is 64.5 Å². The summed E-state index contributed by atoms with van der Waals surface area (Å²) in [5.74, 6) is 1.81. The Kier molecular flexibility index (Phi) is 6.59. The van der Waals surface area contributed by atoms with Gasteiger partial charge in [-0.2, -0.15) is 0 Å². The van der Waals surface area contributed by atoms with Gasteiger partial charge in [0.1, 0.15) is 5.75 Å². The van der Waals surface area contributed by atoms with Crippen LogP contribution in [0.5, 0.6) is 5.75 Å². The fourth-order valence-electron chi connectivity index (χ4n) is 3.48. The summed E-state index contributed by atoms with van der Waals surface area (Å²) in [6, 6.07) is 16.0. The normalized spacial score (nSPS) is 14.1. The highest BCUT2D eigenvalue weighted by Crippen LogP contribution is 2.25. The minimum absolute atomic E-state index is 0.104. The van der Waals surface area contributed by atoms with Gasteiger partial charge in [-0.05, 0) is 43.3 Å². The number of aromatic nitrogens is 1. The Balaban J connectivity index is 1.31. The lowest BCUT2D eigenvalue weighted by Crippen LogP contribution is -2.48. The Labute approximate surface area is 185 Å². The van der Waals surface area contributed by atoms with Crippen molar-refractivity contribution in [1.29, 1.82) is 0 Å². The Morgan fingerprint density at radius 2 is 1.90 bits per heavy atom. The number of ether oxygens (including phenoxy) is 1. The fourth-order valence-corrected chi connectivity index (χ4v) is 4.99. The van der Waals surface area contributed by atoms with Crippen LogP contribution >= 0.6 is 23.1 Å². The number of aryl methyl sites for hydroxylation is 1. The van der Waals surface area contributed by atoms with E-state index in [1.54, 1.807) is 30.2 Å². The van der Waals surface area contributed by atoms with Crippen molar-refractivity contribution in [2.75, 3.05) is 38.2 Å². The number of anilines is 1. The highest BCUT2D eigenvalue weighted by molar-refractivity contribution is 7.98. The van der Waals surface area contributed by atoms with Gasteiger partial charge in [0.05, 0.1) is 17.8 Å². The van der Waals surface area contributed by atoms with Crippen LogP contribution < -0.4 is 9.64 Å².